The van der Waals surface area contributed by atoms with Gasteiger partial charge in [-0.25, -0.2) is 4.39 Å². The lowest BCUT2D eigenvalue weighted by Crippen LogP contribution is -2.11. The second-order valence-electron chi connectivity index (χ2n) is 4.44. The maximum absolute atomic E-state index is 13.3. The van der Waals surface area contributed by atoms with Gasteiger partial charge in [-0.15, -0.1) is 0 Å². The fraction of sp³-hybridized carbons (Fsp3) is 0.600. The summed E-state index contributed by atoms with van der Waals surface area (Å²) < 4.78 is 34.1. The topological polar surface area (TPSA) is 62.9 Å². The summed E-state index contributed by atoms with van der Waals surface area (Å²) in [5.41, 5.74) is 7.03. The Kier molecular flexibility index (Phi) is 9.94. The first-order chi connectivity index (χ1) is 10.3. The molecule has 0 aromatic heterocycles. The molecule has 0 aliphatic heterocycles. The van der Waals surface area contributed by atoms with E-state index in [0.29, 0.717) is 52.8 Å². The number of nitrogens with two attached hydrogens (primary N) is 1. The molecular weight excluding hydrogens is 277 g/mol. The summed E-state index contributed by atoms with van der Waals surface area (Å²) in [6, 6.07) is 4.72. The third-order valence-corrected chi connectivity index (χ3v) is 2.70. The zero-order chi connectivity index (χ0) is 15.3. The molecule has 0 atom stereocenters. The molecule has 0 spiro atoms. The monoisotopic (exact) mass is 301 g/mol. The van der Waals surface area contributed by atoms with Crippen LogP contribution in [0.4, 0.5) is 4.39 Å². The van der Waals surface area contributed by atoms with Crippen LogP contribution < -0.4 is 5.73 Å². The molecule has 0 aliphatic carbocycles. The summed E-state index contributed by atoms with van der Waals surface area (Å²) in [7, 11) is 1.63. The van der Waals surface area contributed by atoms with Gasteiger partial charge in [-0.2, -0.15) is 0 Å². The molecule has 0 saturated heterocycles. The summed E-state index contributed by atoms with van der Waals surface area (Å²) >= 11 is 0. The first-order valence-electron chi connectivity index (χ1n) is 6.97. The summed E-state index contributed by atoms with van der Waals surface area (Å²) in [5.74, 6) is -0.291. The normalized spacial score (nSPS) is 11.0. The van der Waals surface area contributed by atoms with Crippen LogP contribution in [-0.4, -0.2) is 46.8 Å². The Morgan fingerprint density at radius 2 is 1.43 bits per heavy atom. The highest BCUT2D eigenvalue weighted by Crippen LogP contribution is 2.09. The van der Waals surface area contributed by atoms with E-state index in [-0.39, 0.29) is 5.82 Å². The van der Waals surface area contributed by atoms with Crippen molar-refractivity contribution in [1.29, 1.82) is 0 Å². The van der Waals surface area contributed by atoms with E-state index in [1.165, 1.54) is 12.1 Å². The Labute approximate surface area is 125 Å². The average molecular weight is 301 g/mol. The number of ether oxygens (including phenoxy) is 4. The summed E-state index contributed by atoms with van der Waals surface area (Å²) in [4.78, 5) is 0. The Morgan fingerprint density at radius 3 is 2.05 bits per heavy atom. The van der Waals surface area contributed by atoms with Crippen LogP contribution in [0.15, 0.2) is 18.2 Å². The maximum atomic E-state index is 13.3. The van der Waals surface area contributed by atoms with E-state index in [9.17, 15) is 4.39 Å². The van der Waals surface area contributed by atoms with Crippen LogP contribution in [0.3, 0.4) is 0 Å². The molecule has 1 aromatic carbocycles. The third-order valence-electron chi connectivity index (χ3n) is 2.70. The minimum absolute atomic E-state index is 0.291. The fourth-order valence-electron chi connectivity index (χ4n) is 1.69. The molecule has 5 nitrogen and oxygen atoms in total. The highest BCUT2D eigenvalue weighted by atomic mass is 19.1. The van der Waals surface area contributed by atoms with Crippen LogP contribution in [-0.2, 0) is 32.1 Å². The van der Waals surface area contributed by atoms with E-state index in [1.807, 2.05) is 6.07 Å². The lowest BCUT2D eigenvalue weighted by molar-refractivity contribution is 0.000838. The molecule has 21 heavy (non-hydrogen) atoms. The quantitative estimate of drug-likeness (QED) is 0.593. The van der Waals surface area contributed by atoms with Crippen LogP contribution in [0.2, 0.25) is 0 Å². The van der Waals surface area contributed by atoms with Crippen LogP contribution in [0.1, 0.15) is 11.1 Å². The molecule has 0 radical (unpaired) electrons. The van der Waals surface area contributed by atoms with E-state index < -0.39 is 0 Å². The molecule has 0 bridgehead atoms. The van der Waals surface area contributed by atoms with Crippen LogP contribution in [0.25, 0.3) is 0 Å². The molecule has 0 amide bonds. The number of halogens is 1. The van der Waals surface area contributed by atoms with Gasteiger partial charge in [-0.05, 0) is 23.3 Å². The van der Waals surface area contributed by atoms with Crippen molar-refractivity contribution < 1.29 is 23.3 Å². The van der Waals surface area contributed by atoms with Gasteiger partial charge in [0.1, 0.15) is 5.82 Å². The highest BCUT2D eigenvalue weighted by Gasteiger charge is 2.00. The highest BCUT2D eigenvalue weighted by molar-refractivity contribution is 5.24. The first-order valence-corrected chi connectivity index (χ1v) is 6.97. The summed E-state index contributed by atoms with van der Waals surface area (Å²) in [6.07, 6.45) is 0. The Bertz CT molecular complexity index is 390. The van der Waals surface area contributed by atoms with Gasteiger partial charge in [0.05, 0.1) is 46.2 Å². The van der Waals surface area contributed by atoms with E-state index in [0.717, 1.165) is 11.1 Å². The van der Waals surface area contributed by atoms with E-state index >= 15 is 0 Å². The first kappa shape index (κ1) is 18.0. The molecule has 0 saturated carbocycles. The van der Waals surface area contributed by atoms with Gasteiger partial charge in [-0.1, -0.05) is 6.07 Å². The largest absolute Gasteiger partial charge is 0.382 e. The van der Waals surface area contributed by atoms with Gasteiger partial charge < -0.3 is 24.7 Å². The van der Waals surface area contributed by atoms with Crippen LogP contribution >= 0.6 is 0 Å². The van der Waals surface area contributed by atoms with Crippen LogP contribution in [0.5, 0.6) is 0 Å². The van der Waals surface area contributed by atoms with Crippen molar-refractivity contribution in [3.05, 3.63) is 35.1 Å². The molecule has 120 valence electrons. The Morgan fingerprint density at radius 1 is 0.857 bits per heavy atom. The van der Waals surface area contributed by atoms with E-state index in [2.05, 4.69) is 0 Å². The van der Waals surface area contributed by atoms with E-state index in [1.54, 1.807) is 7.11 Å². The molecule has 0 unspecified atom stereocenters. The van der Waals surface area contributed by atoms with Crippen molar-refractivity contribution in [2.24, 2.45) is 5.73 Å². The second-order valence-corrected chi connectivity index (χ2v) is 4.44. The zero-order valence-electron chi connectivity index (χ0n) is 12.5. The average Bonchev–Trinajstić information content (AvgIpc) is 2.48. The third kappa shape index (κ3) is 8.75. The maximum Gasteiger partial charge on any atom is 0.123 e. The lowest BCUT2D eigenvalue weighted by Gasteiger charge is -2.08. The minimum atomic E-state index is -0.291. The molecular formula is C15H24FNO4. The van der Waals surface area contributed by atoms with Crippen molar-refractivity contribution in [1.82, 2.24) is 0 Å². The summed E-state index contributed by atoms with van der Waals surface area (Å²) in [6.45, 7) is 3.80. The zero-order valence-corrected chi connectivity index (χ0v) is 12.5. The lowest BCUT2D eigenvalue weighted by atomic mass is 10.1. The van der Waals surface area contributed by atoms with Crippen molar-refractivity contribution >= 4 is 0 Å². The number of hydrogen-bond acceptors (Lipinski definition) is 5. The van der Waals surface area contributed by atoms with Crippen molar-refractivity contribution in [3.8, 4) is 0 Å². The molecule has 0 aliphatic rings. The van der Waals surface area contributed by atoms with Gasteiger partial charge in [-0.3, -0.25) is 0 Å². The number of benzene rings is 1. The molecule has 1 aromatic rings. The van der Waals surface area contributed by atoms with Crippen molar-refractivity contribution in [3.63, 3.8) is 0 Å². The van der Waals surface area contributed by atoms with Gasteiger partial charge in [0, 0.05) is 13.7 Å². The van der Waals surface area contributed by atoms with Gasteiger partial charge in [0.2, 0.25) is 0 Å². The number of rotatable bonds is 12. The van der Waals surface area contributed by atoms with Crippen molar-refractivity contribution in [2.45, 2.75) is 13.2 Å². The van der Waals surface area contributed by atoms with Gasteiger partial charge >= 0.3 is 0 Å². The Hall–Kier alpha value is -1.05. The molecule has 6 heteroatoms. The number of hydrogen-bond donors (Lipinski definition) is 1. The molecule has 2 N–H and O–H groups in total. The van der Waals surface area contributed by atoms with Gasteiger partial charge in [0.15, 0.2) is 0 Å². The van der Waals surface area contributed by atoms with Crippen molar-refractivity contribution in [2.75, 3.05) is 46.8 Å². The predicted octanol–water partition coefficient (Wildman–Crippen LogP) is 1.48. The molecule has 0 fully saturated rings. The summed E-state index contributed by atoms with van der Waals surface area (Å²) in [5, 5.41) is 0. The van der Waals surface area contributed by atoms with Gasteiger partial charge in [0.25, 0.3) is 0 Å². The van der Waals surface area contributed by atoms with E-state index in [4.69, 9.17) is 24.7 Å². The van der Waals surface area contributed by atoms with Crippen LogP contribution in [0, 0.1) is 5.82 Å². The number of methoxy groups -OCH3 is 1. The molecule has 1 rings (SSSR count). The SMILES string of the molecule is COCCOCCOCCOCc1cc(F)cc(CN)c1. The smallest absolute Gasteiger partial charge is 0.123 e. The second kappa shape index (κ2) is 11.6. The minimum Gasteiger partial charge on any atom is -0.382 e. The standard InChI is InChI=1S/C15H24FNO4/c1-18-2-3-19-4-5-20-6-7-21-12-14-8-13(11-17)9-15(16)10-14/h8-10H,2-7,11-12,17H2,1H3. The Balaban J connectivity index is 2.03. The predicted molar refractivity (Wildman–Crippen MR) is 77.5 cm³/mol. The molecule has 0 heterocycles. The fourth-order valence-corrected chi connectivity index (χ4v) is 1.69.